The number of ether oxygens (including phenoxy) is 6. The lowest BCUT2D eigenvalue weighted by Gasteiger charge is -2.52. The van der Waals surface area contributed by atoms with E-state index in [-0.39, 0.29) is 0 Å². The molecule has 3 saturated heterocycles. The Kier molecular flexibility index (Phi) is 19.3. The van der Waals surface area contributed by atoms with Crippen LogP contribution in [0.15, 0.2) is 0 Å². The fourth-order valence-corrected chi connectivity index (χ4v) is 7.05. The van der Waals surface area contributed by atoms with E-state index in [2.05, 4.69) is 16.0 Å². The molecular formula is C33H57N3O24. The molecule has 0 aromatic carbocycles. The van der Waals surface area contributed by atoms with E-state index in [1.807, 2.05) is 0 Å². The van der Waals surface area contributed by atoms with Gasteiger partial charge in [-0.15, -0.1) is 0 Å². The standard InChI is InChI=1S/C33H57N3O24/c1-10(42)34-13(5-37)26(21(48)15(46)6-38)57-31-25(52)29(27(18(9-41)56-31)58-30-20(36-12(3)44)24(51)23(50)17(8-40)55-30)60-33(32(53)54)4-14(45)19(35-11(2)43)28(59-33)22(49)16(47)7-39/h13-31,37-41,45-52H,4-9H2,1-3H3,(H,34,42)(H,35,43)(H,36,44)(H,53,54)/t13-,14-,15+,16+,17+,18+,19+,20+,21-,22+,23-,24+,25+,26+,27-,28+,29+,30-,31-,33-/m0/s1. The Labute approximate surface area is 340 Å². The Morgan fingerprint density at radius 1 is 0.717 bits per heavy atom. The zero-order valence-corrected chi connectivity index (χ0v) is 32.6. The van der Waals surface area contributed by atoms with E-state index in [0.717, 1.165) is 20.8 Å². The average Bonchev–Trinajstić information content (AvgIpc) is 3.19. The molecule has 0 aliphatic carbocycles. The normalized spacial score (nSPS) is 37.8. The summed E-state index contributed by atoms with van der Waals surface area (Å²) in [6.45, 7) is -2.43. The first-order valence-electron chi connectivity index (χ1n) is 18.6. The SMILES string of the molecule is CC(=O)N[C@H]1[C@H](O[C@@H]2[C@H](O[C@]3(C(=O)O)C[C@H](O)[C@@H](NC(C)=O)[C@H]([C@H](O)[C@H](O)CO)O3)[C@@H](O)[C@H](O[C@@H]([C@@H](O)[C@H](O)CO)[C@H](CO)NC(C)=O)O[C@@H]2CO)O[C@H](CO)[C@H](O)[C@@H]1O. The zero-order chi connectivity index (χ0) is 45.4. The number of carbonyl (C=O) groups is 4. The second-order valence-corrected chi connectivity index (χ2v) is 14.5. The van der Waals surface area contributed by atoms with E-state index in [4.69, 9.17) is 28.4 Å². The molecule has 0 aromatic rings. The van der Waals surface area contributed by atoms with Crippen molar-refractivity contribution in [3.63, 3.8) is 0 Å². The molecule has 27 heteroatoms. The summed E-state index contributed by atoms with van der Waals surface area (Å²) < 4.78 is 34.7. The number of amides is 3. The molecular weight excluding hydrogens is 822 g/mol. The van der Waals surface area contributed by atoms with Gasteiger partial charge in [0.15, 0.2) is 12.6 Å². The van der Waals surface area contributed by atoms with Gasteiger partial charge in [0.1, 0.15) is 85.4 Å². The Balaban J connectivity index is 2.24. The number of carboxylic acid groups (broad SMARTS) is 1. The van der Waals surface area contributed by atoms with Crippen molar-refractivity contribution in [1.29, 1.82) is 0 Å². The first-order valence-corrected chi connectivity index (χ1v) is 18.6. The molecule has 0 radical (unpaired) electrons. The lowest BCUT2D eigenvalue weighted by molar-refractivity contribution is -0.393. The van der Waals surface area contributed by atoms with Crippen LogP contribution < -0.4 is 16.0 Å². The summed E-state index contributed by atoms with van der Waals surface area (Å²) in [4.78, 5) is 49.5. The van der Waals surface area contributed by atoms with Gasteiger partial charge in [-0.25, -0.2) is 4.79 Å². The van der Waals surface area contributed by atoms with Crippen molar-refractivity contribution in [1.82, 2.24) is 16.0 Å². The highest BCUT2D eigenvalue weighted by atomic mass is 16.8. The molecule has 27 nitrogen and oxygen atoms in total. The van der Waals surface area contributed by atoms with Crippen molar-refractivity contribution in [2.45, 2.75) is 149 Å². The van der Waals surface area contributed by atoms with Gasteiger partial charge in [0, 0.05) is 27.2 Å². The first-order chi connectivity index (χ1) is 28.1. The van der Waals surface area contributed by atoms with Crippen LogP contribution in [-0.2, 0) is 47.6 Å². The van der Waals surface area contributed by atoms with E-state index in [9.17, 15) is 90.7 Å². The quantitative estimate of drug-likeness (QED) is 0.0540. The molecule has 0 bridgehead atoms. The number of aliphatic carboxylic acids is 1. The molecule has 0 unspecified atom stereocenters. The van der Waals surface area contributed by atoms with Crippen LogP contribution in [0.5, 0.6) is 0 Å². The van der Waals surface area contributed by atoms with E-state index in [1.54, 1.807) is 0 Å². The summed E-state index contributed by atoms with van der Waals surface area (Å²) in [7, 11) is 0. The van der Waals surface area contributed by atoms with Crippen molar-refractivity contribution in [3.8, 4) is 0 Å². The summed E-state index contributed by atoms with van der Waals surface area (Å²) in [5, 5.41) is 154. The highest BCUT2D eigenvalue weighted by molar-refractivity contribution is 5.77. The maximum atomic E-state index is 13.2. The van der Waals surface area contributed by atoms with Gasteiger partial charge in [0.2, 0.25) is 17.7 Å². The third-order valence-electron chi connectivity index (χ3n) is 10.0. The van der Waals surface area contributed by atoms with Gasteiger partial charge in [-0.3, -0.25) is 14.4 Å². The molecule has 3 amide bonds. The summed E-state index contributed by atoms with van der Waals surface area (Å²) >= 11 is 0. The van der Waals surface area contributed by atoms with Gasteiger partial charge in [-0.2, -0.15) is 0 Å². The summed E-state index contributed by atoms with van der Waals surface area (Å²) in [5.74, 6) is -7.85. The summed E-state index contributed by atoms with van der Waals surface area (Å²) in [6, 6.07) is -5.04. The molecule has 3 rings (SSSR count). The molecule has 60 heavy (non-hydrogen) atoms. The predicted molar refractivity (Wildman–Crippen MR) is 188 cm³/mol. The number of nitrogens with one attached hydrogen (secondary N) is 3. The largest absolute Gasteiger partial charge is 0.477 e. The third-order valence-corrected chi connectivity index (χ3v) is 10.0. The smallest absolute Gasteiger partial charge is 0.364 e. The fraction of sp³-hybridized carbons (Fsp3) is 0.879. The number of carbonyl (C=O) groups excluding carboxylic acids is 3. The number of rotatable bonds is 20. The minimum Gasteiger partial charge on any atom is -0.477 e. The van der Waals surface area contributed by atoms with Gasteiger partial charge in [-0.1, -0.05) is 0 Å². The summed E-state index contributed by atoms with van der Waals surface area (Å²) in [6.07, 6.45) is -34.4. The maximum absolute atomic E-state index is 13.2. The Bertz CT molecular complexity index is 1420. The molecule has 3 aliphatic heterocycles. The van der Waals surface area contributed by atoms with Crippen LogP contribution in [0.1, 0.15) is 27.2 Å². The molecule has 20 atom stereocenters. The molecule has 0 spiro atoms. The molecule has 3 aliphatic rings. The monoisotopic (exact) mass is 879 g/mol. The van der Waals surface area contributed by atoms with Crippen LogP contribution in [0.2, 0.25) is 0 Å². The van der Waals surface area contributed by atoms with Gasteiger partial charge in [0.25, 0.3) is 5.79 Å². The second-order valence-electron chi connectivity index (χ2n) is 14.5. The van der Waals surface area contributed by atoms with Gasteiger partial charge >= 0.3 is 5.97 Å². The number of carboxylic acids is 1. The third kappa shape index (κ3) is 12.0. The van der Waals surface area contributed by atoms with Crippen LogP contribution in [0, 0.1) is 0 Å². The fourth-order valence-electron chi connectivity index (χ4n) is 7.05. The van der Waals surface area contributed by atoms with Crippen molar-refractivity contribution >= 4 is 23.7 Å². The minimum atomic E-state index is -3.27. The average molecular weight is 880 g/mol. The van der Waals surface area contributed by atoms with Crippen LogP contribution >= 0.6 is 0 Å². The lowest BCUT2D eigenvalue weighted by Crippen LogP contribution is -2.72. The zero-order valence-electron chi connectivity index (χ0n) is 32.6. The minimum absolute atomic E-state index is 0.812. The lowest BCUT2D eigenvalue weighted by atomic mass is 9.88. The van der Waals surface area contributed by atoms with Crippen LogP contribution in [0.3, 0.4) is 0 Å². The Morgan fingerprint density at radius 2 is 1.28 bits per heavy atom. The topological polar surface area (TPSA) is 443 Å². The van der Waals surface area contributed by atoms with E-state index in [1.165, 1.54) is 0 Å². The molecule has 3 heterocycles. The van der Waals surface area contributed by atoms with E-state index < -0.39 is 185 Å². The summed E-state index contributed by atoms with van der Waals surface area (Å²) in [5.41, 5.74) is 0. The second kappa shape index (κ2) is 22.5. The number of hydrogen-bond acceptors (Lipinski definition) is 23. The highest BCUT2D eigenvalue weighted by Crippen LogP contribution is 2.39. The van der Waals surface area contributed by atoms with Crippen LogP contribution in [0.25, 0.3) is 0 Å². The van der Waals surface area contributed by atoms with Gasteiger partial charge in [-0.05, 0) is 0 Å². The number of aliphatic hydroxyl groups excluding tert-OH is 13. The highest BCUT2D eigenvalue weighted by Gasteiger charge is 2.61. The first kappa shape index (κ1) is 51.5. The molecule has 0 saturated carbocycles. The van der Waals surface area contributed by atoms with Crippen molar-refractivity contribution in [3.05, 3.63) is 0 Å². The van der Waals surface area contributed by atoms with Gasteiger partial charge in [0.05, 0.1) is 51.2 Å². The number of aliphatic hydroxyl groups is 13. The maximum Gasteiger partial charge on any atom is 0.364 e. The van der Waals surface area contributed by atoms with Crippen LogP contribution in [0.4, 0.5) is 0 Å². The Hall–Kier alpha value is -2.88. The van der Waals surface area contributed by atoms with Crippen LogP contribution in [-0.4, -0.2) is 250 Å². The van der Waals surface area contributed by atoms with E-state index >= 15 is 0 Å². The molecule has 17 N–H and O–H groups in total. The molecule has 348 valence electrons. The van der Waals surface area contributed by atoms with E-state index in [0.29, 0.717) is 0 Å². The number of hydrogen-bond donors (Lipinski definition) is 17. The van der Waals surface area contributed by atoms with Crippen molar-refractivity contribution in [2.75, 3.05) is 33.0 Å². The van der Waals surface area contributed by atoms with Crippen molar-refractivity contribution in [2.24, 2.45) is 0 Å². The molecule has 0 aromatic heterocycles. The van der Waals surface area contributed by atoms with Crippen molar-refractivity contribution < 1.29 is 119 Å². The van der Waals surface area contributed by atoms with Gasteiger partial charge < -0.3 is 116 Å². The molecule has 3 fully saturated rings. The Morgan fingerprint density at radius 3 is 1.78 bits per heavy atom. The predicted octanol–water partition coefficient (Wildman–Crippen LogP) is -10.5.